The number of nitrogen functional groups attached to an aromatic ring is 1. The molecule has 2 N–H and O–H groups in total. The first-order valence-electron chi connectivity index (χ1n) is 6.33. The van der Waals surface area contributed by atoms with E-state index in [2.05, 4.69) is 23.1 Å². The zero-order chi connectivity index (χ0) is 14.3. The number of anilines is 1. The number of hydrogen-bond donors (Lipinski definition) is 1. The number of nitrogens with zero attached hydrogens (tertiary/aromatic N) is 2. The molecule has 0 bridgehead atoms. The molecule has 102 valence electrons. The maximum absolute atomic E-state index is 5.99. The van der Waals surface area contributed by atoms with E-state index in [4.69, 9.17) is 10.3 Å². The van der Waals surface area contributed by atoms with Crippen molar-refractivity contribution in [1.82, 2.24) is 10.1 Å². The number of benzene rings is 1. The van der Waals surface area contributed by atoms with Crippen molar-refractivity contribution in [3.63, 3.8) is 0 Å². The lowest BCUT2D eigenvalue weighted by molar-refractivity contribution is 0.439. The third-order valence-corrected chi connectivity index (χ3v) is 4.33. The van der Waals surface area contributed by atoms with Gasteiger partial charge in [0.2, 0.25) is 5.88 Å². The first-order chi connectivity index (χ1) is 9.58. The van der Waals surface area contributed by atoms with Crippen molar-refractivity contribution >= 4 is 17.2 Å². The highest BCUT2D eigenvalue weighted by atomic mass is 32.1. The molecule has 0 amide bonds. The molecule has 2 heterocycles. The van der Waals surface area contributed by atoms with Crippen LogP contribution in [0.5, 0.6) is 0 Å². The van der Waals surface area contributed by atoms with Crippen molar-refractivity contribution in [2.75, 3.05) is 5.73 Å². The summed E-state index contributed by atoms with van der Waals surface area (Å²) < 4.78 is 5.23. The highest BCUT2D eigenvalue weighted by molar-refractivity contribution is 7.15. The van der Waals surface area contributed by atoms with E-state index < -0.39 is 0 Å². The molecule has 20 heavy (non-hydrogen) atoms. The van der Waals surface area contributed by atoms with E-state index in [-0.39, 0.29) is 0 Å². The van der Waals surface area contributed by atoms with Crippen LogP contribution < -0.4 is 5.73 Å². The molecule has 0 spiro atoms. The number of aromatic nitrogens is 2. The van der Waals surface area contributed by atoms with Crippen LogP contribution in [0.4, 0.5) is 5.88 Å². The van der Waals surface area contributed by atoms with Crippen molar-refractivity contribution in [2.45, 2.75) is 20.8 Å². The minimum Gasteiger partial charge on any atom is -0.367 e. The molecule has 0 aliphatic carbocycles. The van der Waals surface area contributed by atoms with Crippen LogP contribution in [0.2, 0.25) is 0 Å². The first-order valence-corrected chi connectivity index (χ1v) is 7.15. The monoisotopic (exact) mass is 285 g/mol. The van der Waals surface area contributed by atoms with Crippen LogP contribution in [0.15, 0.2) is 28.8 Å². The molecule has 2 aromatic heterocycles. The van der Waals surface area contributed by atoms with E-state index in [1.807, 2.05) is 32.0 Å². The summed E-state index contributed by atoms with van der Waals surface area (Å²) in [4.78, 5) is 5.46. The van der Waals surface area contributed by atoms with Gasteiger partial charge in [-0.05, 0) is 31.9 Å². The Hall–Kier alpha value is -2.14. The molecule has 0 saturated heterocycles. The summed E-state index contributed by atoms with van der Waals surface area (Å²) in [7, 11) is 0. The molecule has 3 rings (SSSR count). The second kappa shape index (κ2) is 4.76. The Labute approximate surface area is 121 Å². The van der Waals surface area contributed by atoms with Crippen LogP contribution in [0.1, 0.15) is 16.3 Å². The second-order valence-electron chi connectivity index (χ2n) is 4.73. The standard InChI is InChI=1S/C15H15N3OS/c1-8-6-4-5-7-11(8)12-13(18-19-15(12)16)14-9(2)17-10(3)20-14/h4-7H,16H2,1-3H3. The number of hydrogen-bond acceptors (Lipinski definition) is 5. The first kappa shape index (κ1) is 12.9. The van der Waals surface area contributed by atoms with Crippen LogP contribution in [-0.4, -0.2) is 10.1 Å². The summed E-state index contributed by atoms with van der Waals surface area (Å²) in [5, 5.41) is 5.16. The summed E-state index contributed by atoms with van der Waals surface area (Å²) in [5.74, 6) is 0.347. The highest BCUT2D eigenvalue weighted by Crippen LogP contribution is 2.40. The Morgan fingerprint density at radius 3 is 2.55 bits per heavy atom. The van der Waals surface area contributed by atoms with Gasteiger partial charge in [-0.2, -0.15) is 0 Å². The highest BCUT2D eigenvalue weighted by Gasteiger charge is 2.21. The van der Waals surface area contributed by atoms with Crippen LogP contribution in [0.3, 0.4) is 0 Å². The Morgan fingerprint density at radius 2 is 1.90 bits per heavy atom. The van der Waals surface area contributed by atoms with Crippen LogP contribution in [0, 0.1) is 20.8 Å². The summed E-state index contributed by atoms with van der Waals surface area (Å²) >= 11 is 1.61. The summed E-state index contributed by atoms with van der Waals surface area (Å²) in [5.41, 5.74) is 10.8. The number of rotatable bonds is 2. The van der Waals surface area contributed by atoms with Gasteiger partial charge in [0.05, 0.1) is 21.1 Å². The number of thiazole rings is 1. The fourth-order valence-corrected chi connectivity index (χ4v) is 3.23. The van der Waals surface area contributed by atoms with E-state index in [9.17, 15) is 0 Å². The second-order valence-corrected chi connectivity index (χ2v) is 5.94. The minimum atomic E-state index is 0.347. The topological polar surface area (TPSA) is 64.9 Å². The average Bonchev–Trinajstić information content (AvgIpc) is 2.93. The zero-order valence-electron chi connectivity index (χ0n) is 11.6. The molecule has 0 aliphatic heterocycles. The molecule has 0 radical (unpaired) electrons. The largest absolute Gasteiger partial charge is 0.367 e. The van der Waals surface area contributed by atoms with E-state index in [0.29, 0.717) is 5.88 Å². The maximum atomic E-state index is 5.99. The van der Waals surface area contributed by atoms with Gasteiger partial charge in [-0.3, -0.25) is 0 Å². The third kappa shape index (κ3) is 2.00. The molecule has 0 saturated carbocycles. The van der Waals surface area contributed by atoms with E-state index >= 15 is 0 Å². The zero-order valence-corrected chi connectivity index (χ0v) is 12.4. The normalized spacial score (nSPS) is 10.9. The molecule has 0 atom stereocenters. The van der Waals surface area contributed by atoms with Crippen molar-refractivity contribution in [1.29, 1.82) is 0 Å². The minimum absolute atomic E-state index is 0.347. The van der Waals surface area contributed by atoms with Gasteiger partial charge in [-0.15, -0.1) is 11.3 Å². The fourth-order valence-electron chi connectivity index (χ4n) is 2.32. The average molecular weight is 285 g/mol. The third-order valence-electron chi connectivity index (χ3n) is 3.25. The number of nitrogens with two attached hydrogens (primary N) is 1. The predicted octanol–water partition coefficient (Wildman–Crippen LogP) is 3.97. The maximum Gasteiger partial charge on any atom is 0.230 e. The van der Waals surface area contributed by atoms with Crippen LogP contribution in [0.25, 0.3) is 21.7 Å². The van der Waals surface area contributed by atoms with Gasteiger partial charge in [0, 0.05) is 0 Å². The number of aryl methyl sites for hydroxylation is 3. The summed E-state index contributed by atoms with van der Waals surface area (Å²) in [6, 6.07) is 8.08. The SMILES string of the molecule is Cc1nc(C)c(-c2noc(N)c2-c2ccccc2C)s1. The van der Waals surface area contributed by atoms with Gasteiger partial charge in [-0.1, -0.05) is 29.4 Å². The van der Waals surface area contributed by atoms with Gasteiger partial charge < -0.3 is 10.3 Å². The van der Waals surface area contributed by atoms with Gasteiger partial charge in [0.1, 0.15) is 5.69 Å². The Kier molecular flexibility index (Phi) is 3.06. The van der Waals surface area contributed by atoms with Crippen molar-refractivity contribution in [2.24, 2.45) is 0 Å². The molecule has 3 aromatic rings. The Morgan fingerprint density at radius 1 is 1.15 bits per heavy atom. The van der Waals surface area contributed by atoms with Gasteiger partial charge in [0.15, 0.2) is 0 Å². The molecular weight excluding hydrogens is 270 g/mol. The van der Waals surface area contributed by atoms with Gasteiger partial charge in [0.25, 0.3) is 0 Å². The van der Waals surface area contributed by atoms with Crippen LogP contribution >= 0.6 is 11.3 Å². The lowest BCUT2D eigenvalue weighted by Crippen LogP contribution is -1.90. The molecule has 1 aromatic carbocycles. The Balaban J connectivity index is 2.26. The summed E-state index contributed by atoms with van der Waals surface area (Å²) in [6.07, 6.45) is 0. The predicted molar refractivity (Wildman–Crippen MR) is 81.7 cm³/mol. The van der Waals surface area contributed by atoms with E-state index in [1.165, 1.54) is 0 Å². The fraction of sp³-hybridized carbons (Fsp3) is 0.200. The molecule has 5 heteroatoms. The molecule has 4 nitrogen and oxygen atoms in total. The van der Waals surface area contributed by atoms with Crippen molar-refractivity contribution in [3.8, 4) is 21.7 Å². The molecule has 0 aliphatic rings. The molecule has 0 unspecified atom stereocenters. The van der Waals surface area contributed by atoms with Crippen molar-refractivity contribution < 1.29 is 4.52 Å². The van der Waals surface area contributed by atoms with Crippen LogP contribution in [-0.2, 0) is 0 Å². The lowest BCUT2D eigenvalue weighted by Gasteiger charge is -2.05. The van der Waals surface area contributed by atoms with Gasteiger partial charge in [-0.25, -0.2) is 4.98 Å². The van der Waals surface area contributed by atoms with E-state index in [0.717, 1.165) is 38.0 Å². The van der Waals surface area contributed by atoms with Crippen molar-refractivity contribution in [3.05, 3.63) is 40.5 Å². The van der Waals surface area contributed by atoms with E-state index in [1.54, 1.807) is 11.3 Å². The smallest absolute Gasteiger partial charge is 0.230 e. The quantitative estimate of drug-likeness (QED) is 0.773. The summed E-state index contributed by atoms with van der Waals surface area (Å²) in [6.45, 7) is 6.01. The molecular formula is C15H15N3OS. The van der Waals surface area contributed by atoms with Gasteiger partial charge >= 0.3 is 0 Å². The lowest BCUT2D eigenvalue weighted by atomic mass is 9.99. The Bertz CT molecular complexity index is 773. The molecule has 0 fully saturated rings.